The summed E-state index contributed by atoms with van der Waals surface area (Å²) < 4.78 is 12.3. The van der Waals surface area contributed by atoms with Crippen molar-refractivity contribution in [2.24, 2.45) is 0 Å². The van der Waals surface area contributed by atoms with E-state index in [1.165, 1.54) is 20.3 Å². The van der Waals surface area contributed by atoms with Crippen molar-refractivity contribution in [2.75, 3.05) is 20.8 Å². The van der Waals surface area contributed by atoms with E-state index in [1.807, 2.05) is 28.8 Å². The van der Waals surface area contributed by atoms with Crippen molar-refractivity contribution in [3.8, 4) is 11.5 Å². The van der Waals surface area contributed by atoms with E-state index in [4.69, 9.17) is 21.1 Å². The number of methoxy groups -OCH3 is 2. The molecule has 0 fully saturated rings. The summed E-state index contributed by atoms with van der Waals surface area (Å²) in [4.78, 5) is 12.0. The summed E-state index contributed by atoms with van der Waals surface area (Å²) in [6, 6.07) is 9.15. The van der Waals surface area contributed by atoms with E-state index < -0.39 is 0 Å². The van der Waals surface area contributed by atoms with Crippen LogP contribution in [0.2, 0.25) is 5.02 Å². The highest BCUT2D eigenvalue weighted by Crippen LogP contribution is 2.36. The highest BCUT2D eigenvalue weighted by atomic mass is 35.5. The number of nitrogens with one attached hydrogen (secondary N) is 1. The minimum Gasteiger partial charge on any atom is -0.493 e. The largest absolute Gasteiger partial charge is 0.493 e. The third-order valence-electron chi connectivity index (χ3n) is 3.92. The molecular formula is C19H19ClN4O3. The van der Waals surface area contributed by atoms with Crippen LogP contribution in [-0.2, 0) is 11.2 Å². The molecule has 0 aliphatic heterocycles. The Labute approximate surface area is 161 Å². The van der Waals surface area contributed by atoms with Crippen molar-refractivity contribution in [3.63, 3.8) is 0 Å². The van der Waals surface area contributed by atoms with Crippen LogP contribution in [0.4, 0.5) is 0 Å². The standard InChI is InChI=1S/C19H19ClN4O3/c1-26-15-12-13(11-14(20)19(15)27-2)6-7-18(25)21-9-8-17-23-22-16-5-3-4-10-24(16)17/h3-7,10-12H,8-9H2,1-2H3,(H,21,25)/b7-6+. The molecule has 2 aromatic heterocycles. The number of halogens is 1. The second-order valence-electron chi connectivity index (χ2n) is 5.66. The predicted octanol–water partition coefficient (Wildman–Crippen LogP) is 2.77. The SMILES string of the molecule is COc1cc(/C=C/C(=O)NCCc2nnc3ccccn23)cc(Cl)c1OC. The van der Waals surface area contributed by atoms with Crippen molar-refractivity contribution in [1.82, 2.24) is 19.9 Å². The Morgan fingerprint density at radius 2 is 2.11 bits per heavy atom. The van der Waals surface area contributed by atoms with Gasteiger partial charge in [-0.05, 0) is 35.9 Å². The maximum absolute atomic E-state index is 12.0. The zero-order valence-corrected chi connectivity index (χ0v) is 15.7. The smallest absolute Gasteiger partial charge is 0.244 e. The number of pyridine rings is 1. The molecule has 0 radical (unpaired) electrons. The van der Waals surface area contributed by atoms with E-state index in [2.05, 4.69) is 15.5 Å². The highest BCUT2D eigenvalue weighted by Gasteiger charge is 2.10. The Bertz CT molecular complexity index is 984. The molecule has 0 saturated heterocycles. The molecule has 0 unspecified atom stereocenters. The molecule has 3 rings (SSSR count). The first-order valence-electron chi connectivity index (χ1n) is 8.28. The fourth-order valence-corrected chi connectivity index (χ4v) is 2.92. The molecule has 27 heavy (non-hydrogen) atoms. The van der Waals surface area contributed by atoms with Gasteiger partial charge in [0, 0.05) is 25.2 Å². The van der Waals surface area contributed by atoms with E-state index in [0.717, 1.165) is 17.0 Å². The first kappa shape index (κ1) is 18.7. The number of amides is 1. The molecular weight excluding hydrogens is 368 g/mol. The lowest BCUT2D eigenvalue weighted by Crippen LogP contribution is -2.24. The van der Waals surface area contributed by atoms with Crippen molar-refractivity contribution < 1.29 is 14.3 Å². The average molecular weight is 387 g/mol. The van der Waals surface area contributed by atoms with Crippen LogP contribution in [0.5, 0.6) is 11.5 Å². The fraction of sp³-hybridized carbons (Fsp3) is 0.211. The quantitative estimate of drug-likeness (QED) is 0.632. The Morgan fingerprint density at radius 3 is 2.89 bits per heavy atom. The van der Waals surface area contributed by atoms with Gasteiger partial charge < -0.3 is 14.8 Å². The Morgan fingerprint density at radius 1 is 1.26 bits per heavy atom. The van der Waals surface area contributed by atoms with Crippen LogP contribution in [0.3, 0.4) is 0 Å². The maximum Gasteiger partial charge on any atom is 0.244 e. The molecule has 3 aromatic rings. The molecule has 0 spiro atoms. The number of hydrogen-bond acceptors (Lipinski definition) is 5. The van der Waals surface area contributed by atoms with Gasteiger partial charge in [0.2, 0.25) is 5.91 Å². The summed E-state index contributed by atoms with van der Waals surface area (Å²) in [5, 5.41) is 11.5. The first-order chi connectivity index (χ1) is 13.1. The summed E-state index contributed by atoms with van der Waals surface area (Å²) in [6.07, 6.45) is 5.58. The van der Waals surface area contributed by atoms with Gasteiger partial charge in [-0.1, -0.05) is 17.7 Å². The fourth-order valence-electron chi connectivity index (χ4n) is 2.62. The zero-order valence-electron chi connectivity index (χ0n) is 15.0. The van der Waals surface area contributed by atoms with Gasteiger partial charge >= 0.3 is 0 Å². The third kappa shape index (κ3) is 4.38. The van der Waals surface area contributed by atoms with E-state index in [0.29, 0.717) is 29.5 Å². The van der Waals surface area contributed by atoms with Crippen LogP contribution >= 0.6 is 11.6 Å². The van der Waals surface area contributed by atoms with E-state index in [9.17, 15) is 4.79 Å². The van der Waals surface area contributed by atoms with Crippen LogP contribution in [-0.4, -0.2) is 41.3 Å². The third-order valence-corrected chi connectivity index (χ3v) is 4.20. The summed E-state index contributed by atoms with van der Waals surface area (Å²) in [5.74, 6) is 1.54. The normalized spacial score (nSPS) is 11.1. The average Bonchev–Trinajstić information content (AvgIpc) is 3.09. The summed E-state index contributed by atoms with van der Waals surface area (Å²) >= 11 is 6.16. The first-order valence-corrected chi connectivity index (χ1v) is 8.66. The number of benzene rings is 1. The number of ether oxygens (including phenoxy) is 2. The zero-order chi connectivity index (χ0) is 19.2. The summed E-state index contributed by atoms with van der Waals surface area (Å²) in [7, 11) is 3.05. The van der Waals surface area contributed by atoms with Gasteiger partial charge in [-0.25, -0.2) is 0 Å². The molecule has 0 aliphatic rings. The number of carbonyl (C=O) groups is 1. The molecule has 0 atom stereocenters. The molecule has 1 N–H and O–H groups in total. The van der Waals surface area contributed by atoms with Crippen LogP contribution in [0.15, 0.2) is 42.6 Å². The molecule has 1 aromatic carbocycles. The highest BCUT2D eigenvalue weighted by molar-refractivity contribution is 6.32. The van der Waals surface area contributed by atoms with Gasteiger partial charge in [0.25, 0.3) is 0 Å². The predicted molar refractivity (Wildman–Crippen MR) is 103 cm³/mol. The molecule has 0 saturated carbocycles. The Hall–Kier alpha value is -3.06. The van der Waals surface area contributed by atoms with Crippen LogP contribution in [0, 0.1) is 0 Å². The number of rotatable bonds is 7. The van der Waals surface area contributed by atoms with Crippen LogP contribution in [0.25, 0.3) is 11.7 Å². The molecule has 0 bridgehead atoms. The summed E-state index contributed by atoms with van der Waals surface area (Å²) in [6.45, 7) is 0.450. The second-order valence-corrected chi connectivity index (χ2v) is 6.06. The van der Waals surface area contributed by atoms with E-state index in [-0.39, 0.29) is 5.91 Å². The number of hydrogen-bond donors (Lipinski definition) is 1. The minimum atomic E-state index is -0.213. The van der Waals surface area contributed by atoms with Gasteiger partial charge in [-0.15, -0.1) is 10.2 Å². The minimum absolute atomic E-state index is 0.213. The van der Waals surface area contributed by atoms with Crippen molar-refractivity contribution in [2.45, 2.75) is 6.42 Å². The van der Waals surface area contributed by atoms with Crippen molar-refractivity contribution in [3.05, 3.63) is 59.0 Å². The van der Waals surface area contributed by atoms with E-state index >= 15 is 0 Å². The number of nitrogens with zero attached hydrogens (tertiary/aromatic N) is 3. The number of fused-ring (bicyclic) bond motifs is 1. The number of aromatic nitrogens is 3. The lowest BCUT2D eigenvalue weighted by Gasteiger charge is -2.10. The number of carbonyl (C=O) groups excluding carboxylic acids is 1. The van der Waals surface area contributed by atoms with Gasteiger partial charge in [0.1, 0.15) is 5.82 Å². The van der Waals surface area contributed by atoms with Gasteiger partial charge in [-0.3, -0.25) is 9.20 Å². The molecule has 1 amide bonds. The molecule has 0 aliphatic carbocycles. The molecule has 2 heterocycles. The topological polar surface area (TPSA) is 77.8 Å². The van der Waals surface area contributed by atoms with Crippen molar-refractivity contribution in [1.29, 1.82) is 0 Å². The maximum atomic E-state index is 12.0. The molecule has 7 nitrogen and oxygen atoms in total. The van der Waals surface area contributed by atoms with Gasteiger partial charge in [0.05, 0.1) is 19.2 Å². The second kappa shape index (κ2) is 8.55. The Balaban J connectivity index is 1.58. The summed E-state index contributed by atoms with van der Waals surface area (Å²) in [5.41, 5.74) is 1.51. The lowest BCUT2D eigenvalue weighted by molar-refractivity contribution is -0.116. The molecule has 140 valence electrons. The lowest BCUT2D eigenvalue weighted by atomic mass is 10.2. The van der Waals surface area contributed by atoms with Crippen LogP contribution < -0.4 is 14.8 Å². The van der Waals surface area contributed by atoms with Crippen molar-refractivity contribution >= 4 is 29.2 Å². The van der Waals surface area contributed by atoms with E-state index in [1.54, 1.807) is 18.2 Å². The monoisotopic (exact) mass is 386 g/mol. The molecule has 8 heteroatoms. The van der Waals surface area contributed by atoms with Gasteiger partial charge in [-0.2, -0.15) is 0 Å². The van der Waals surface area contributed by atoms with Gasteiger partial charge in [0.15, 0.2) is 17.1 Å². The Kier molecular flexibility index (Phi) is 5.93. The van der Waals surface area contributed by atoms with Crippen LogP contribution in [0.1, 0.15) is 11.4 Å².